The monoisotopic (exact) mass is 300 g/mol. The maximum Gasteiger partial charge on any atom is 0.408 e. The number of aromatic nitrogens is 2. The van der Waals surface area contributed by atoms with Gasteiger partial charge in [-0.3, -0.25) is 8.86 Å². The summed E-state index contributed by atoms with van der Waals surface area (Å²) in [6, 6.07) is 0. The van der Waals surface area contributed by atoms with Crippen LogP contribution in [0, 0.1) is 5.92 Å². The van der Waals surface area contributed by atoms with Crippen LogP contribution in [0.3, 0.4) is 0 Å². The van der Waals surface area contributed by atoms with Gasteiger partial charge >= 0.3 is 6.18 Å². The van der Waals surface area contributed by atoms with Crippen LogP contribution in [-0.4, -0.2) is 37.2 Å². The van der Waals surface area contributed by atoms with Gasteiger partial charge in [-0.15, -0.1) is 0 Å². The summed E-state index contributed by atoms with van der Waals surface area (Å²) in [5.74, 6) is -0.140. The van der Waals surface area contributed by atoms with E-state index in [0.717, 1.165) is 10.9 Å². The highest BCUT2D eigenvalue weighted by atomic mass is 32.2. The summed E-state index contributed by atoms with van der Waals surface area (Å²) < 4.78 is 63.3. The van der Waals surface area contributed by atoms with Gasteiger partial charge in [0.1, 0.15) is 6.54 Å². The first kappa shape index (κ1) is 16.0. The van der Waals surface area contributed by atoms with E-state index in [1.54, 1.807) is 6.92 Å². The molecule has 0 aliphatic carbocycles. The van der Waals surface area contributed by atoms with Gasteiger partial charge in [0.05, 0.1) is 19.1 Å². The molecule has 9 heteroatoms. The molecular weight excluding hydrogens is 285 g/mol. The predicted octanol–water partition coefficient (Wildman–Crippen LogP) is 1.60. The summed E-state index contributed by atoms with van der Waals surface area (Å²) in [4.78, 5) is 0. The molecule has 19 heavy (non-hydrogen) atoms. The normalized spacial score (nSPS) is 14.6. The Hall–Kier alpha value is -1.09. The highest BCUT2D eigenvalue weighted by Gasteiger charge is 2.28. The molecular formula is C10H15F3N2O3S. The molecule has 0 aromatic carbocycles. The number of hydrogen-bond acceptors (Lipinski definition) is 4. The van der Waals surface area contributed by atoms with Crippen LogP contribution in [-0.2, 0) is 27.3 Å². The van der Waals surface area contributed by atoms with Crippen LogP contribution in [0.5, 0.6) is 0 Å². The summed E-state index contributed by atoms with van der Waals surface area (Å²) in [6.45, 7) is 0.594. The topological polar surface area (TPSA) is 61.2 Å². The van der Waals surface area contributed by atoms with Crippen molar-refractivity contribution in [3.8, 4) is 0 Å². The van der Waals surface area contributed by atoms with Crippen molar-refractivity contribution in [1.82, 2.24) is 9.78 Å². The fourth-order valence-electron chi connectivity index (χ4n) is 1.48. The van der Waals surface area contributed by atoms with E-state index >= 15 is 0 Å². The maximum atomic E-state index is 12.1. The van der Waals surface area contributed by atoms with Gasteiger partial charge in [0.2, 0.25) is 0 Å². The Kier molecular flexibility index (Phi) is 4.97. The van der Waals surface area contributed by atoms with Gasteiger partial charge in [0.15, 0.2) is 0 Å². The van der Waals surface area contributed by atoms with Gasteiger partial charge in [-0.1, -0.05) is 6.92 Å². The van der Waals surface area contributed by atoms with Crippen molar-refractivity contribution in [2.45, 2.75) is 26.1 Å². The lowest BCUT2D eigenvalue weighted by Gasteiger charge is -2.09. The Morgan fingerprint density at radius 1 is 1.47 bits per heavy atom. The second-order valence-corrected chi connectivity index (χ2v) is 6.10. The summed E-state index contributed by atoms with van der Waals surface area (Å²) >= 11 is 0. The third-order valence-corrected chi connectivity index (χ3v) is 2.74. The van der Waals surface area contributed by atoms with Gasteiger partial charge in [0, 0.05) is 6.20 Å². The minimum atomic E-state index is -4.31. The first-order valence-electron chi connectivity index (χ1n) is 5.47. The second-order valence-electron chi connectivity index (χ2n) is 4.46. The van der Waals surface area contributed by atoms with Crippen LogP contribution in [0.1, 0.15) is 12.5 Å². The smallest absolute Gasteiger partial charge is 0.270 e. The highest BCUT2D eigenvalue weighted by Crippen LogP contribution is 2.17. The average Bonchev–Trinajstić information content (AvgIpc) is 2.58. The third-order valence-electron chi connectivity index (χ3n) is 2.18. The summed E-state index contributed by atoms with van der Waals surface area (Å²) in [5, 5.41) is 3.60. The van der Waals surface area contributed by atoms with E-state index < -0.39 is 22.8 Å². The molecule has 1 rings (SSSR count). The first-order valence-corrected chi connectivity index (χ1v) is 7.29. The molecule has 0 unspecified atom stereocenters. The van der Waals surface area contributed by atoms with E-state index in [-0.39, 0.29) is 12.5 Å². The fraction of sp³-hybridized carbons (Fsp3) is 0.700. The van der Waals surface area contributed by atoms with Crippen molar-refractivity contribution in [2.75, 3.05) is 12.9 Å². The Balaban J connectivity index is 2.49. The quantitative estimate of drug-likeness (QED) is 0.749. The molecule has 0 fully saturated rings. The van der Waals surface area contributed by atoms with Crippen LogP contribution in [0.25, 0.3) is 0 Å². The Bertz CT molecular complexity index is 510. The molecule has 1 atom stereocenters. The number of rotatable bonds is 6. The van der Waals surface area contributed by atoms with Crippen LogP contribution < -0.4 is 0 Å². The molecule has 0 saturated heterocycles. The van der Waals surface area contributed by atoms with Crippen molar-refractivity contribution >= 4 is 10.1 Å². The van der Waals surface area contributed by atoms with Crippen LogP contribution in [0.4, 0.5) is 13.2 Å². The Morgan fingerprint density at radius 3 is 2.63 bits per heavy atom. The van der Waals surface area contributed by atoms with Crippen molar-refractivity contribution in [3.63, 3.8) is 0 Å². The zero-order valence-electron chi connectivity index (χ0n) is 10.5. The summed E-state index contributed by atoms with van der Waals surface area (Å²) in [7, 11) is -3.50. The molecule has 5 nitrogen and oxygen atoms in total. The molecule has 110 valence electrons. The lowest BCUT2D eigenvalue weighted by molar-refractivity contribution is -0.142. The third kappa shape index (κ3) is 7.16. The van der Waals surface area contributed by atoms with E-state index in [1.165, 1.54) is 12.4 Å². The van der Waals surface area contributed by atoms with Crippen LogP contribution in [0.15, 0.2) is 12.4 Å². The van der Waals surface area contributed by atoms with Crippen LogP contribution >= 0.6 is 0 Å². The summed E-state index contributed by atoms with van der Waals surface area (Å²) in [5.41, 5.74) is 0.605. The Labute approximate surface area is 109 Å². The van der Waals surface area contributed by atoms with E-state index in [1.807, 2.05) is 0 Å². The lowest BCUT2D eigenvalue weighted by atomic mass is 10.1. The highest BCUT2D eigenvalue weighted by molar-refractivity contribution is 7.85. The molecule has 0 N–H and O–H groups in total. The molecule has 0 aliphatic heterocycles. The number of nitrogens with zero attached hydrogens (tertiary/aromatic N) is 2. The average molecular weight is 300 g/mol. The minimum Gasteiger partial charge on any atom is -0.270 e. The maximum absolute atomic E-state index is 12.1. The molecule has 1 aromatic rings. The predicted molar refractivity (Wildman–Crippen MR) is 61.9 cm³/mol. The molecule has 0 bridgehead atoms. The van der Waals surface area contributed by atoms with Gasteiger partial charge in [-0.25, -0.2) is 0 Å². The van der Waals surface area contributed by atoms with Crippen LogP contribution in [0.2, 0.25) is 0 Å². The molecule has 1 heterocycles. The zero-order valence-corrected chi connectivity index (χ0v) is 11.3. The summed E-state index contributed by atoms with van der Waals surface area (Å²) in [6.07, 6.45) is -0.337. The molecule has 1 aromatic heterocycles. The van der Waals surface area contributed by atoms with E-state index in [9.17, 15) is 21.6 Å². The number of hydrogen-bond donors (Lipinski definition) is 0. The molecule has 0 radical (unpaired) electrons. The van der Waals surface area contributed by atoms with Gasteiger partial charge < -0.3 is 0 Å². The van der Waals surface area contributed by atoms with Gasteiger partial charge in [0.25, 0.3) is 10.1 Å². The molecule has 0 amide bonds. The van der Waals surface area contributed by atoms with E-state index in [0.29, 0.717) is 12.0 Å². The fourth-order valence-corrected chi connectivity index (χ4v) is 1.96. The SMILES string of the molecule is C[C@H](COS(C)(=O)=O)Cc1cnn(CC(F)(F)F)c1. The second kappa shape index (κ2) is 5.91. The molecule has 0 aliphatic rings. The van der Waals surface area contributed by atoms with Crippen molar-refractivity contribution in [1.29, 1.82) is 0 Å². The largest absolute Gasteiger partial charge is 0.408 e. The zero-order chi connectivity index (χ0) is 14.7. The molecule has 0 saturated carbocycles. The van der Waals surface area contributed by atoms with Gasteiger partial charge in [-0.2, -0.15) is 26.7 Å². The number of halogens is 3. The van der Waals surface area contributed by atoms with E-state index in [2.05, 4.69) is 9.28 Å². The standard InChI is InChI=1S/C10H15F3N2O3S/c1-8(6-18-19(2,16)17)3-9-4-14-15(5-9)7-10(11,12)13/h4-5,8H,3,6-7H2,1-2H3/t8-/m0/s1. The van der Waals surface area contributed by atoms with Crippen molar-refractivity contribution in [3.05, 3.63) is 18.0 Å². The Morgan fingerprint density at radius 2 is 2.11 bits per heavy atom. The molecule has 0 spiro atoms. The van der Waals surface area contributed by atoms with Crippen molar-refractivity contribution < 1.29 is 25.8 Å². The minimum absolute atomic E-state index is 0.0106. The van der Waals surface area contributed by atoms with Crippen molar-refractivity contribution in [2.24, 2.45) is 5.92 Å². The number of alkyl halides is 3. The van der Waals surface area contributed by atoms with E-state index in [4.69, 9.17) is 0 Å². The lowest BCUT2D eigenvalue weighted by Crippen LogP contribution is -2.17. The van der Waals surface area contributed by atoms with Gasteiger partial charge in [-0.05, 0) is 17.9 Å². The first-order chi connectivity index (χ1) is 8.55.